The van der Waals surface area contributed by atoms with Gasteiger partial charge in [-0.3, -0.25) is 4.79 Å². The van der Waals surface area contributed by atoms with E-state index in [2.05, 4.69) is 5.32 Å². The summed E-state index contributed by atoms with van der Waals surface area (Å²) >= 11 is 0. The molecule has 1 fully saturated rings. The second kappa shape index (κ2) is 6.66. The SMILES string of the molecule is Cl.NCC(F)(F)CNC(=O)C1(c2cccc(F)c2)CCC1. The number of nitrogens with two attached hydrogens (primary N) is 1. The van der Waals surface area contributed by atoms with Crippen molar-refractivity contribution in [2.24, 2.45) is 5.73 Å². The fraction of sp³-hybridized carbons (Fsp3) is 0.500. The molecule has 1 aliphatic rings. The number of nitrogens with one attached hydrogen (secondary N) is 1. The van der Waals surface area contributed by atoms with E-state index in [1.165, 1.54) is 18.2 Å². The Morgan fingerprint density at radius 2 is 2.05 bits per heavy atom. The van der Waals surface area contributed by atoms with Gasteiger partial charge in [-0.15, -0.1) is 12.4 Å². The van der Waals surface area contributed by atoms with Gasteiger partial charge in [0.05, 0.1) is 18.5 Å². The second-order valence-corrected chi connectivity index (χ2v) is 5.19. The maximum Gasteiger partial charge on any atom is 0.277 e. The Bertz CT molecular complexity index is 507. The lowest BCUT2D eigenvalue weighted by atomic mass is 9.64. The third-order valence-corrected chi connectivity index (χ3v) is 3.83. The van der Waals surface area contributed by atoms with Gasteiger partial charge in [0.25, 0.3) is 5.92 Å². The highest BCUT2D eigenvalue weighted by Gasteiger charge is 2.46. The van der Waals surface area contributed by atoms with Crippen molar-refractivity contribution in [2.45, 2.75) is 30.6 Å². The van der Waals surface area contributed by atoms with E-state index in [1.807, 2.05) is 0 Å². The lowest BCUT2D eigenvalue weighted by Crippen LogP contribution is -2.52. The van der Waals surface area contributed by atoms with Crippen LogP contribution in [0, 0.1) is 5.82 Å². The molecule has 0 aliphatic heterocycles. The number of rotatable bonds is 5. The van der Waals surface area contributed by atoms with E-state index in [-0.39, 0.29) is 12.4 Å². The van der Waals surface area contributed by atoms with Crippen LogP contribution in [0.15, 0.2) is 24.3 Å². The predicted molar refractivity (Wildman–Crippen MR) is 76.2 cm³/mol. The van der Waals surface area contributed by atoms with Crippen LogP contribution in [0.25, 0.3) is 0 Å². The third kappa shape index (κ3) is 3.68. The van der Waals surface area contributed by atoms with Gasteiger partial charge in [-0.2, -0.15) is 0 Å². The van der Waals surface area contributed by atoms with Crippen molar-refractivity contribution < 1.29 is 18.0 Å². The van der Waals surface area contributed by atoms with Crippen molar-refractivity contribution >= 4 is 18.3 Å². The highest BCUT2D eigenvalue weighted by atomic mass is 35.5. The molecular weight excluding hydrogens is 305 g/mol. The van der Waals surface area contributed by atoms with Crippen LogP contribution in [-0.2, 0) is 10.2 Å². The molecule has 1 saturated carbocycles. The van der Waals surface area contributed by atoms with Crippen LogP contribution in [0.5, 0.6) is 0 Å². The van der Waals surface area contributed by atoms with Crippen molar-refractivity contribution in [3.8, 4) is 0 Å². The molecule has 118 valence electrons. The number of hydrogen-bond donors (Lipinski definition) is 2. The first-order chi connectivity index (χ1) is 9.39. The van der Waals surface area contributed by atoms with E-state index < -0.39 is 36.2 Å². The number of carbonyl (C=O) groups is 1. The Labute approximate surface area is 127 Å². The fourth-order valence-corrected chi connectivity index (χ4v) is 2.41. The second-order valence-electron chi connectivity index (χ2n) is 5.19. The molecular formula is C14H18ClF3N2O. The molecule has 3 nitrogen and oxygen atoms in total. The number of alkyl halides is 2. The summed E-state index contributed by atoms with van der Waals surface area (Å²) in [5.41, 5.74) is 4.59. The summed E-state index contributed by atoms with van der Waals surface area (Å²) in [4.78, 5) is 12.2. The minimum atomic E-state index is -3.12. The maximum absolute atomic E-state index is 13.3. The fourth-order valence-electron chi connectivity index (χ4n) is 2.41. The number of halogens is 4. The van der Waals surface area contributed by atoms with Crippen LogP contribution >= 0.6 is 12.4 Å². The van der Waals surface area contributed by atoms with Crippen molar-refractivity contribution in [3.63, 3.8) is 0 Å². The Kier molecular flexibility index (Phi) is 5.64. The molecule has 1 amide bonds. The maximum atomic E-state index is 13.3. The van der Waals surface area contributed by atoms with E-state index in [0.717, 1.165) is 6.42 Å². The van der Waals surface area contributed by atoms with Crippen LogP contribution in [0.1, 0.15) is 24.8 Å². The first kappa shape index (κ1) is 17.8. The highest BCUT2D eigenvalue weighted by molar-refractivity contribution is 5.89. The summed E-state index contributed by atoms with van der Waals surface area (Å²) in [7, 11) is 0. The molecule has 0 heterocycles. The molecule has 0 atom stereocenters. The Hall–Kier alpha value is -1.27. The lowest BCUT2D eigenvalue weighted by molar-refractivity contribution is -0.131. The normalized spacial score (nSPS) is 16.6. The molecule has 0 radical (unpaired) electrons. The number of hydrogen-bond acceptors (Lipinski definition) is 2. The number of amides is 1. The zero-order valence-corrected chi connectivity index (χ0v) is 12.2. The quantitative estimate of drug-likeness (QED) is 0.874. The Balaban J connectivity index is 0.00000220. The molecule has 21 heavy (non-hydrogen) atoms. The summed E-state index contributed by atoms with van der Waals surface area (Å²) in [5.74, 6) is -4.04. The van der Waals surface area contributed by atoms with Crippen LogP contribution in [0.3, 0.4) is 0 Å². The molecule has 2 rings (SSSR count). The number of carbonyl (C=O) groups excluding carboxylic acids is 1. The van der Waals surface area contributed by atoms with Crippen molar-refractivity contribution in [3.05, 3.63) is 35.6 Å². The lowest BCUT2D eigenvalue weighted by Gasteiger charge is -2.41. The molecule has 0 saturated heterocycles. The molecule has 1 aliphatic carbocycles. The average Bonchev–Trinajstić information content (AvgIpc) is 2.35. The molecule has 1 aromatic carbocycles. The van der Waals surface area contributed by atoms with Crippen molar-refractivity contribution in [1.82, 2.24) is 5.32 Å². The number of benzene rings is 1. The average molecular weight is 323 g/mol. The largest absolute Gasteiger partial charge is 0.349 e. The first-order valence-corrected chi connectivity index (χ1v) is 6.52. The molecule has 0 spiro atoms. The van der Waals surface area contributed by atoms with Gasteiger partial charge in [0.15, 0.2) is 0 Å². The third-order valence-electron chi connectivity index (χ3n) is 3.83. The van der Waals surface area contributed by atoms with Gasteiger partial charge < -0.3 is 11.1 Å². The summed E-state index contributed by atoms with van der Waals surface area (Å²) < 4.78 is 39.5. The Morgan fingerprint density at radius 1 is 1.38 bits per heavy atom. The first-order valence-electron chi connectivity index (χ1n) is 6.52. The van der Waals surface area contributed by atoms with Crippen LogP contribution < -0.4 is 11.1 Å². The Morgan fingerprint density at radius 3 is 2.52 bits per heavy atom. The zero-order chi connectivity index (χ0) is 14.8. The molecule has 0 aromatic heterocycles. The van der Waals surface area contributed by atoms with Crippen molar-refractivity contribution in [1.29, 1.82) is 0 Å². The minimum Gasteiger partial charge on any atom is -0.349 e. The molecule has 3 N–H and O–H groups in total. The van der Waals surface area contributed by atoms with E-state index >= 15 is 0 Å². The van der Waals surface area contributed by atoms with Crippen LogP contribution in [0.2, 0.25) is 0 Å². The van der Waals surface area contributed by atoms with Gasteiger partial charge >= 0.3 is 0 Å². The van der Waals surface area contributed by atoms with Gasteiger partial charge in [-0.25, -0.2) is 13.2 Å². The van der Waals surface area contributed by atoms with E-state index in [9.17, 15) is 18.0 Å². The topological polar surface area (TPSA) is 55.1 Å². The molecule has 0 bridgehead atoms. The summed E-state index contributed by atoms with van der Waals surface area (Å²) in [5, 5.41) is 2.24. The summed E-state index contributed by atoms with van der Waals surface area (Å²) in [6.45, 7) is -1.61. The molecule has 7 heteroatoms. The monoisotopic (exact) mass is 322 g/mol. The van der Waals surface area contributed by atoms with Crippen LogP contribution in [-0.4, -0.2) is 24.9 Å². The van der Waals surface area contributed by atoms with E-state index in [0.29, 0.717) is 18.4 Å². The highest BCUT2D eigenvalue weighted by Crippen LogP contribution is 2.44. The summed E-state index contributed by atoms with van der Waals surface area (Å²) in [6, 6.07) is 5.76. The minimum absolute atomic E-state index is 0. The zero-order valence-electron chi connectivity index (χ0n) is 11.4. The predicted octanol–water partition coefficient (Wildman–Crippen LogP) is 2.38. The van der Waals surface area contributed by atoms with Gasteiger partial charge in [-0.1, -0.05) is 18.6 Å². The van der Waals surface area contributed by atoms with Gasteiger partial charge in [-0.05, 0) is 30.5 Å². The van der Waals surface area contributed by atoms with E-state index in [4.69, 9.17) is 5.73 Å². The van der Waals surface area contributed by atoms with Gasteiger partial charge in [0.1, 0.15) is 5.82 Å². The smallest absolute Gasteiger partial charge is 0.277 e. The van der Waals surface area contributed by atoms with Crippen LogP contribution in [0.4, 0.5) is 13.2 Å². The standard InChI is InChI=1S/C14H17F3N2O.ClH/c15-11-4-1-3-10(7-11)13(5-2-6-13)12(20)19-9-14(16,17)8-18;/h1,3-4,7H,2,5-6,8-9,18H2,(H,19,20);1H. The van der Waals surface area contributed by atoms with E-state index in [1.54, 1.807) is 6.07 Å². The summed E-state index contributed by atoms with van der Waals surface area (Å²) in [6.07, 6.45) is 1.89. The molecule has 1 aromatic rings. The molecule has 0 unspecified atom stereocenters. The van der Waals surface area contributed by atoms with Gasteiger partial charge in [0.2, 0.25) is 5.91 Å². The van der Waals surface area contributed by atoms with Gasteiger partial charge in [0, 0.05) is 0 Å². The van der Waals surface area contributed by atoms with Crippen molar-refractivity contribution in [2.75, 3.05) is 13.1 Å².